The van der Waals surface area contributed by atoms with Crippen LogP contribution in [0.4, 0.5) is 0 Å². The normalized spacial score (nSPS) is 12.0. The predicted molar refractivity (Wildman–Crippen MR) is 122 cm³/mol. The summed E-state index contributed by atoms with van der Waals surface area (Å²) < 4.78 is 30.1. The molecule has 8 heteroatoms. The fourth-order valence-corrected chi connectivity index (χ4v) is 4.32. The van der Waals surface area contributed by atoms with Crippen molar-refractivity contribution in [2.24, 2.45) is 0 Å². The average molecular weight is 468 g/mol. The van der Waals surface area contributed by atoms with Crippen LogP contribution in [0.3, 0.4) is 0 Å². The topological polar surface area (TPSA) is 72.8 Å². The molecule has 0 aliphatic carbocycles. The quantitative estimate of drug-likeness (QED) is 0.498. The molecule has 3 rings (SSSR count). The fraction of sp³-hybridized carbons (Fsp3) is 0.182. The molecule has 1 unspecified atom stereocenters. The lowest BCUT2D eigenvalue weighted by molar-refractivity contribution is 0.236. The largest absolute Gasteiger partial charge is 0.508 e. The Hall–Kier alpha value is -2.03. The zero-order valence-electron chi connectivity index (χ0n) is 16.7. The van der Waals surface area contributed by atoms with Gasteiger partial charge < -0.3 is 5.11 Å². The van der Waals surface area contributed by atoms with Gasteiger partial charge in [0.15, 0.2) is 4.90 Å². The molecule has 1 atom stereocenters. The molecule has 0 bridgehead atoms. The summed E-state index contributed by atoms with van der Waals surface area (Å²) in [6.45, 7) is -0.00296. The van der Waals surface area contributed by atoms with Gasteiger partial charge in [-0.3, -0.25) is 4.18 Å². The number of phenols is 1. The smallest absolute Gasteiger partial charge is 0.399 e. The number of hydrogen-bond acceptors (Lipinski definition) is 5. The van der Waals surface area contributed by atoms with E-state index in [1.54, 1.807) is 36.4 Å². The number of rotatable bonds is 7. The summed E-state index contributed by atoms with van der Waals surface area (Å²) in [5.74, 6) is 1.32. The fourth-order valence-electron chi connectivity index (χ4n) is 2.35. The van der Waals surface area contributed by atoms with Crippen molar-refractivity contribution in [3.8, 4) is 5.75 Å². The molecule has 0 spiro atoms. The van der Waals surface area contributed by atoms with E-state index in [0.717, 1.165) is 23.4 Å². The summed E-state index contributed by atoms with van der Waals surface area (Å²) in [5.41, 5.74) is 2.07. The van der Waals surface area contributed by atoms with E-state index >= 15 is 0 Å². The molecule has 0 radical (unpaired) electrons. The highest BCUT2D eigenvalue weighted by molar-refractivity contribution is 7.95. The average Bonchev–Trinajstić information content (AvgIpc) is 2.76. The van der Waals surface area contributed by atoms with Crippen LogP contribution in [0.2, 0.25) is 5.02 Å². The number of hydrogen-bond donors (Lipinski definition) is 1. The van der Waals surface area contributed by atoms with Crippen molar-refractivity contribution in [3.05, 3.63) is 95.0 Å². The molecular weight excluding hydrogens is 444 g/mol. The van der Waals surface area contributed by atoms with Crippen LogP contribution in [-0.4, -0.2) is 26.9 Å². The van der Waals surface area contributed by atoms with E-state index in [2.05, 4.69) is 26.8 Å². The summed E-state index contributed by atoms with van der Waals surface area (Å²) >= 11 is 5.86. The lowest BCUT2D eigenvalue weighted by Crippen LogP contribution is -2.06. The third-order valence-electron chi connectivity index (χ3n) is 3.95. The molecule has 0 saturated heterocycles. The van der Waals surface area contributed by atoms with Crippen molar-refractivity contribution in [1.82, 2.24) is 0 Å². The van der Waals surface area contributed by atoms with E-state index in [0.29, 0.717) is 5.75 Å². The Morgan fingerprint density at radius 2 is 1.50 bits per heavy atom. The van der Waals surface area contributed by atoms with Crippen LogP contribution in [0, 0.1) is 0 Å². The molecule has 160 valence electrons. The zero-order valence-corrected chi connectivity index (χ0v) is 19.1. The minimum atomic E-state index is -3.82. The number of halogens is 1. The van der Waals surface area contributed by atoms with E-state index in [1.165, 1.54) is 10.5 Å². The molecule has 30 heavy (non-hydrogen) atoms. The van der Waals surface area contributed by atoms with Crippen molar-refractivity contribution in [1.29, 1.82) is 0 Å². The molecule has 5 nitrogen and oxygen atoms in total. The maximum Gasteiger partial charge on any atom is 0.399 e. The van der Waals surface area contributed by atoms with Gasteiger partial charge in [-0.05, 0) is 42.0 Å². The minimum absolute atomic E-state index is 0.00296. The lowest BCUT2D eigenvalue weighted by Gasteiger charge is -2.03. The van der Waals surface area contributed by atoms with Crippen molar-refractivity contribution in [3.63, 3.8) is 0 Å². The third kappa shape index (κ3) is 8.77. The lowest BCUT2D eigenvalue weighted by atomic mass is 10.2. The molecule has 0 saturated carbocycles. The first kappa shape index (κ1) is 24.2. The number of phenolic OH excluding ortho intramolecular Hbond substituents is 1. The second-order valence-electron chi connectivity index (χ2n) is 6.22. The maximum atomic E-state index is 10.7. The standard InChI is InChI=1S/C14H13ClOS.C8H10O4S/c1-17(14-8-6-13(16)7-9-14)10-11-2-4-12(15)5-3-11;1-11-13(9,10)12-7-8-5-3-2-4-6-8/h2-9H,10H2,1H3;2-6H,7H2,1H3/p+1. The van der Waals surface area contributed by atoms with E-state index in [-0.39, 0.29) is 17.5 Å². The van der Waals surface area contributed by atoms with E-state index in [9.17, 15) is 13.5 Å². The highest BCUT2D eigenvalue weighted by atomic mass is 35.5. The maximum absolute atomic E-state index is 10.7. The van der Waals surface area contributed by atoms with Gasteiger partial charge in [-0.25, -0.2) is 4.18 Å². The van der Waals surface area contributed by atoms with Gasteiger partial charge in [-0.15, -0.1) is 0 Å². The van der Waals surface area contributed by atoms with Gasteiger partial charge in [0.1, 0.15) is 17.8 Å². The summed E-state index contributed by atoms with van der Waals surface area (Å²) in [5, 5.41) is 10.0. The zero-order chi connectivity index (χ0) is 22.0. The molecule has 3 aromatic carbocycles. The Labute approximate surface area is 185 Å². The van der Waals surface area contributed by atoms with Gasteiger partial charge in [0, 0.05) is 21.5 Å². The van der Waals surface area contributed by atoms with Crippen LogP contribution in [0.25, 0.3) is 0 Å². The molecular formula is C22H24ClO5S2+. The monoisotopic (exact) mass is 467 g/mol. The van der Waals surface area contributed by atoms with E-state index in [1.807, 2.05) is 30.3 Å². The molecule has 0 heterocycles. The van der Waals surface area contributed by atoms with Crippen molar-refractivity contribution in [2.45, 2.75) is 17.3 Å². The number of aromatic hydroxyl groups is 1. The molecule has 0 fully saturated rings. The van der Waals surface area contributed by atoms with Crippen molar-refractivity contribution < 1.29 is 21.9 Å². The van der Waals surface area contributed by atoms with Gasteiger partial charge in [0.2, 0.25) is 0 Å². The molecule has 1 N–H and O–H groups in total. The first-order chi connectivity index (χ1) is 14.3. The summed E-state index contributed by atoms with van der Waals surface area (Å²) in [6, 6.07) is 24.4. The predicted octanol–water partition coefficient (Wildman–Crippen LogP) is 4.95. The Kier molecular flexibility index (Phi) is 9.68. The second-order valence-corrected chi connectivity index (χ2v) is 10.1. The second kappa shape index (κ2) is 12.0. The number of benzene rings is 3. The Morgan fingerprint density at radius 3 is 2.07 bits per heavy atom. The van der Waals surface area contributed by atoms with Crippen LogP contribution in [-0.2, 0) is 42.0 Å². The van der Waals surface area contributed by atoms with E-state index < -0.39 is 10.4 Å². The van der Waals surface area contributed by atoms with Gasteiger partial charge in [-0.2, -0.15) is 8.42 Å². The molecule has 3 aromatic rings. The summed E-state index contributed by atoms with van der Waals surface area (Å²) in [4.78, 5) is 1.26. The highest BCUT2D eigenvalue weighted by Gasteiger charge is 2.15. The van der Waals surface area contributed by atoms with Gasteiger partial charge in [-0.1, -0.05) is 54.1 Å². The Balaban J connectivity index is 0.000000222. The van der Waals surface area contributed by atoms with Crippen LogP contribution in [0.5, 0.6) is 5.75 Å². The first-order valence-corrected chi connectivity index (χ1v) is 12.5. The highest BCUT2D eigenvalue weighted by Crippen LogP contribution is 2.20. The van der Waals surface area contributed by atoms with Crippen LogP contribution in [0.15, 0.2) is 83.8 Å². The van der Waals surface area contributed by atoms with Crippen LogP contribution >= 0.6 is 11.6 Å². The molecule has 0 aliphatic rings. The Morgan fingerprint density at radius 1 is 0.900 bits per heavy atom. The SMILES string of the molecule is COS(=O)(=O)OCc1ccccc1.C[S+](Cc1ccc(Cl)cc1)c1ccc(O)cc1. The first-order valence-electron chi connectivity index (χ1n) is 8.94. The van der Waals surface area contributed by atoms with Crippen LogP contribution < -0.4 is 0 Å². The van der Waals surface area contributed by atoms with Gasteiger partial charge in [0.25, 0.3) is 0 Å². The minimum Gasteiger partial charge on any atom is -0.508 e. The van der Waals surface area contributed by atoms with Gasteiger partial charge >= 0.3 is 10.4 Å². The summed E-state index contributed by atoms with van der Waals surface area (Å²) in [6.07, 6.45) is 2.21. The Bertz CT molecular complexity index is 992. The van der Waals surface area contributed by atoms with Crippen LogP contribution in [0.1, 0.15) is 11.1 Å². The summed E-state index contributed by atoms with van der Waals surface area (Å²) in [7, 11) is -2.62. The van der Waals surface area contributed by atoms with E-state index in [4.69, 9.17) is 11.6 Å². The molecule has 0 amide bonds. The molecule has 0 aliphatic heterocycles. The molecule has 0 aromatic heterocycles. The van der Waals surface area contributed by atoms with Crippen molar-refractivity contribution >= 4 is 32.9 Å². The third-order valence-corrected chi connectivity index (χ3v) is 6.86. The van der Waals surface area contributed by atoms with Crippen molar-refractivity contribution in [2.75, 3.05) is 13.4 Å². The van der Waals surface area contributed by atoms with Gasteiger partial charge in [0.05, 0.1) is 13.7 Å².